The van der Waals surface area contributed by atoms with Gasteiger partial charge >= 0.3 is 12.2 Å². The van der Waals surface area contributed by atoms with Crippen molar-refractivity contribution < 1.29 is 33.7 Å². The first-order valence-corrected chi connectivity index (χ1v) is 12.1. The number of alkyl carbamates (subject to hydrolysis) is 2. The highest BCUT2D eigenvalue weighted by Crippen LogP contribution is 2.18. The number of carbonyl (C=O) groups excluding carboxylic acids is 3. The predicted octanol–water partition coefficient (Wildman–Crippen LogP) is 3.44. The predicted molar refractivity (Wildman–Crippen MR) is 138 cm³/mol. The van der Waals surface area contributed by atoms with Crippen LogP contribution in [0.1, 0.15) is 50.8 Å². The van der Waals surface area contributed by atoms with Crippen LogP contribution in [-0.2, 0) is 20.9 Å². The third kappa shape index (κ3) is 11.2. The monoisotopic (exact) mass is 515 g/mol. The fraction of sp³-hybridized carbons (Fsp3) is 0.444. The molecule has 2 aromatic carbocycles. The van der Waals surface area contributed by atoms with Crippen LogP contribution in [0.4, 0.5) is 9.59 Å². The number of methoxy groups -OCH3 is 1. The Balaban J connectivity index is 1.93. The van der Waals surface area contributed by atoms with Gasteiger partial charge in [-0.1, -0.05) is 42.5 Å². The minimum Gasteiger partial charge on any atom is -0.497 e. The van der Waals surface area contributed by atoms with Gasteiger partial charge in [0.25, 0.3) is 0 Å². The molecule has 37 heavy (non-hydrogen) atoms. The van der Waals surface area contributed by atoms with E-state index in [0.29, 0.717) is 17.7 Å². The summed E-state index contributed by atoms with van der Waals surface area (Å²) in [7, 11) is 1.55. The highest BCUT2D eigenvalue weighted by atomic mass is 16.6. The van der Waals surface area contributed by atoms with Crippen LogP contribution in [0.25, 0.3) is 0 Å². The van der Waals surface area contributed by atoms with Crippen LogP contribution in [0.3, 0.4) is 0 Å². The molecule has 0 bridgehead atoms. The van der Waals surface area contributed by atoms with E-state index in [9.17, 15) is 19.5 Å². The summed E-state index contributed by atoms with van der Waals surface area (Å²) < 4.78 is 15.6. The Morgan fingerprint density at radius 1 is 0.946 bits per heavy atom. The quantitative estimate of drug-likeness (QED) is 0.318. The van der Waals surface area contributed by atoms with Crippen molar-refractivity contribution in [2.24, 2.45) is 0 Å². The van der Waals surface area contributed by atoms with Gasteiger partial charge in [0, 0.05) is 6.54 Å². The first-order valence-electron chi connectivity index (χ1n) is 12.1. The standard InChI is InChI=1S/C27H37N3O7/c1-27(2,3)37-26(34)30-22(11-8-16-28-25(33)36-18-19-9-6-5-7-10-19)24(32)29-23(17-31)20-12-14-21(35-4)15-13-20/h5-7,9-10,12-15,22-23,31H,8,11,16-18H2,1-4H3,(H,28,33)(H,29,32)(H,30,34)/t22-,23-/m0/s1. The van der Waals surface area contributed by atoms with Crippen LogP contribution in [0.5, 0.6) is 5.75 Å². The van der Waals surface area contributed by atoms with Gasteiger partial charge in [-0.3, -0.25) is 4.79 Å². The van der Waals surface area contributed by atoms with Crippen LogP contribution in [0, 0.1) is 0 Å². The molecule has 10 heteroatoms. The molecule has 0 aromatic heterocycles. The maximum atomic E-state index is 13.1. The molecule has 0 unspecified atom stereocenters. The molecule has 0 aliphatic heterocycles. The van der Waals surface area contributed by atoms with Crippen LogP contribution in [0.15, 0.2) is 54.6 Å². The van der Waals surface area contributed by atoms with Crippen molar-refractivity contribution in [3.63, 3.8) is 0 Å². The molecular formula is C27H37N3O7. The third-order valence-electron chi connectivity index (χ3n) is 5.18. The van der Waals surface area contributed by atoms with Crippen molar-refractivity contribution >= 4 is 18.1 Å². The number of nitrogens with one attached hydrogen (secondary N) is 3. The highest BCUT2D eigenvalue weighted by Gasteiger charge is 2.26. The van der Waals surface area contributed by atoms with Gasteiger partial charge in [-0.2, -0.15) is 0 Å². The summed E-state index contributed by atoms with van der Waals surface area (Å²) in [6.45, 7) is 5.20. The van der Waals surface area contributed by atoms with Crippen LogP contribution in [0.2, 0.25) is 0 Å². The summed E-state index contributed by atoms with van der Waals surface area (Å²) in [6, 6.07) is 14.6. The van der Waals surface area contributed by atoms with E-state index in [-0.39, 0.29) is 26.2 Å². The summed E-state index contributed by atoms with van der Waals surface area (Å²) in [5.74, 6) is 0.151. The highest BCUT2D eigenvalue weighted by molar-refractivity contribution is 5.86. The molecule has 202 valence electrons. The lowest BCUT2D eigenvalue weighted by atomic mass is 10.1. The van der Waals surface area contributed by atoms with Crippen molar-refractivity contribution in [3.05, 3.63) is 65.7 Å². The van der Waals surface area contributed by atoms with Crippen LogP contribution < -0.4 is 20.7 Å². The summed E-state index contributed by atoms with van der Waals surface area (Å²) in [5.41, 5.74) is 0.799. The number of benzene rings is 2. The Kier molecular flexibility index (Phi) is 11.7. The van der Waals surface area contributed by atoms with Crippen molar-refractivity contribution in [1.82, 2.24) is 16.0 Å². The molecule has 4 N–H and O–H groups in total. The fourth-order valence-electron chi connectivity index (χ4n) is 3.33. The Morgan fingerprint density at radius 3 is 2.22 bits per heavy atom. The van der Waals surface area contributed by atoms with Gasteiger partial charge in [0.05, 0.1) is 19.8 Å². The molecule has 10 nitrogen and oxygen atoms in total. The smallest absolute Gasteiger partial charge is 0.408 e. The van der Waals surface area contributed by atoms with Gasteiger partial charge in [-0.15, -0.1) is 0 Å². The number of hydrogen-bond donors (Lipinski definition) is 4. The lowest BCUT2D eigenvalue weighted by Crippen LogP contribution is -2.49. The lowest BCUT2D eigenvalue weighted by Gasteiger charge is -2.25. The lowest BCUT2D eigenvalue weighted by molar-refractivity contribution is -0.124. The molecule has 0 fully saturated rings. The van der Waals surface area contributed by atoms with Crippen molar-refractivity contribution in [1.29, 1.82) is 0 Å². The van der Waals surface area contributed by atoms with Crippen molar-refractivity contribution in [2.45, 2.75) is 57.9 Å². The molecule has 0 heterocycles. The van der Waals surface area contributed by atoms with Crippen LogP contribution >= 0.6 is 0 Å². The molecule has 0 aliphatic carbocycles. The van der Waals surface area contributed by atoms with E-state index < -0.39 is 35.8 Å². The second kappa shape index (κ2) is 14.7. The number of amides is 3. The van der Waals surface area contributed by atoms with E-state index in [1.54, 1.807) is 52.1 Å². The molecule has 3 amide bonds. The molecule has 2 rings (SSSR count). The number of ether oxygens (including phenoxy) is 3. The zero-order valence-electron chi connectivity index (χ0n) is 21.8. The summed E-state index contributed by atoms with van der Waals surface area (Å²) in [4.78, 5) is 37.4. The molecule has 0 spiro atoms. The molecular weight excluding hydrogens is 478 g/mol. The van der Waals surface area contributed by atoms with E-state index in [1.807, 2.05) is 30.3 Å². The molecule has 0 saturated carbocycles. The first-order chi connectivity index (χ1) is 17.6. The van der Waals surface area contributed by atoms with Gasteiger partial charge < -0.3 is 35.3 Å². The van der Waals surface area contributed by atoms with Gasteiger partial charge in [-0.05, 0) is 56.9 Å². The maximum absolute atomic E-state index is 13.1. The second-order valence-electron chi connectivity index (χ2n) is 9.35. The van der Waals surface area contributed by atoms with E-state index in [2.05, 4.69) is 16.0 Å². The molecule has 0 radical (unpaired) electrons. The number of aliphatic hydroxyl groups is 1. The Morgan fingerprint density at radius 2 is 1.62 bits per heavy atom. The van der Waals surface area contributed by atoms with E-state index in [0.717, 1.165) is 5.56 Å². The largest absolute Gasteiger partial charge is 0.497 e. The number of hydrogen-bond acceptors (Lipinski definition) is 7. The Hall–Kier alpha value is -3.79. The van der Waals surface area contributed by atoms with Gasteiger partial charge in [0.2, 0.25) is 5.91 Å². The minimum atomic E-state index is -0.954. The van der Waals surface area contributed by atoms with E-state index >= 15 is 0 Å². The second-order valence-corrected chi connectivity index (χ2v) is 9.35. The maximum Gasteiger partial charge on any atom is 0.408 e. The van der Waals surface area contributed by atoms with Crippen LogP contribution in [-0.4, -0.2) is 55.1 Å². The van der Waals surface area contributed by atoms with Crippen molar-refractivity contribution in [3.8, 4) is 5.75 Å². The van der Waals surface area contributed by atoms with Gasteiger partial charge in [-0.25, -0.2) is 9.59 Å². The molecule has 2 atom stereocenters. The normalized spacial score (nSPS) is 12.6. The molecule has 0 aliphatic rings. The average Bonchev–Trinajstić information content (AvgIpc) is 2.87. The summed E-state index contributed by atoms with van der Waals surface area (Å²) in [6.07, 6.45) is -0.733. The fourth-order valence-corrected chi connectivity index (χ4v) is 3.33. The third-order valence-corrected chi connectivity index (χ3v) is 5.18. The zero-order chi connectivity index (χ0) is 27.3. The van der Waals surface area contributed by atoms with E-state index in [4.69, 9.17) is 14.2 Å². The van der Waals surface area contributed by atoms with E-state index in [1.165, 1.54) is 0 Å². The van der Waals surface area contributed by atoms with Gasteiger partial charge in [0.1, 0.15) is 24.0 Å². The van der Waals surface area contributed by atoms with Crippen molar-refractivity contribution in [2.75, 3.05) is 20.3 Å². The van der Waals surface area contributed by atoms with Gasteiger partial charge in [0.15, 0.2) is 0 Å². The Labute approximate surface area is 217 Å². The number of aliphatic hydroxyl groups excluding tert-OH is 1. The zero-order valence-corrected chi connectivity index (χ0v) is 21.8. The Bertz CT molecular complexity index is 991. The average molecular weight is 516 g/mol. The topological polar surface area (TPSA) is 135 Å². The summed E-state index contributed by atoms with van der Waals surface area (Å²) >= 11 is 0. The molecule has 2 aromatic rings. The molecule has 0 saturated heterocycles. The summed E-state index contributed by atoms with van der Waals surface area (Å²) in [5, 5.41) is 17.9. The minimum absolute atomic E-state index is 0.145. The number of carbonyl (C=O) groups is 3. The number of rotatable bonds is 12. The SMILES string of the molecule is COc1ccc([C@H](CO)NC(=O)[C@H](CCCNC(=O)OCc2ccccc2)NC(=O)OC(C)(C)C)cc1. The first kappa shape index (κ1) is 29.4.